The second kappa shape index (κ2) is 6.55. The molecule has 21 heavy (non-hydrogen) atoms. The molecule has 2 aromatic carbocycles. The molecule has 1 N–H and O–H groups in total. The van der Waals surface area contributed by atoms with E-state index in [0.29, 0.717) is 6.54 Å². The molecule has 0 bridgehead atoms. The Bertz CT molecular complexity index is 715. The summed E-state index contributed by atoms with van der Waals surface area (Å²) >= 11 is 1.78. The molecule has 1 aromatic heterocycles. The fourth-order valence-electron chi connectivity index (χ4n) is 2.19. The topological polar surface area (TPSA) is 25.2 Å². The van der Waals surface area contributed by atoms with Crippen LogP contribution in [-0.4, -0.2) is 5.75 Å². The second-order valence-electron chi connectivity index (χ2n) is 4.70. The lowest BCUT2D eigenvalue weighted by molar-refractivity contribution is 0.559. The van der Waals surface area contributed by atoms with Crippen molar-refractivity contribution < 1.29 is 4.42 Å². The van der Waals surface area contributed by atoms with Gasteiger partial charge in [-0.05, 0) is 24.3 Å². The smallest absolute Gasteiger partial charge is 0.134 e. The van der Waals surface area contributed by atoms with E-state index >= 15 is 0 Å². The van der Waals surface area contributed by atoms with Gasteiger partial charge in [-0.15, -0.1) is 18.3 Å². The Morgan fingerprint density at radius 1 is 1.10 bits per heavy atom. The van der Waals surface area contributed by atoms with Crippen molar-refractivity contribution in [2.75, 3.05) is 11.1 Å². The largest absolute Gasteiger partial charge is 0.459 e. The fourth-order valence-corrected chi connectivity index (χ4v) is 2.96. The summed E-state index contributed by atoms with van der Waals surface area (Å²) in [5, 5.41) is 4.59. The molecule has 3 rings (SSSR count). The number of nitrogens with one attached hydrogen (secondary N) is 1. The minimum atomic E-state index is 0.681. The quantitative estimate of drug-likeness (QED) is 0.492. The van der Waals surface area contributed by atoms with E-state index in [0.717, 1.165) is 28.2 Å². The fraction of sp³-hybridized carbons (Fsp3) is 0.111. The zero-order chi connectivity index (χ0) is 14.5. The van der Waals surface area contributed by atoms with Gasteiger partial charge in [0.25, 0.3) is 0 Å². The third-order valence-electron chi connectivity index (χ3n) is 3.17. The van der Waals surface area contributed by atoms with Crippen molar-refractivity contribution in [3.05, 3.63) is 73.0 Å². The summed E-state index contributed by atoms with van der Waals surface area (Å²) in [7, 11) is 0. The van der Waals surface area contributed by atoms with Gasteiger partial charge in [-0.25, -0.2) is 0 Å². The molecule has 0 aliphatic rings. The van der Waals surface area contributed by atoms with E-state index in [4.69, 9.17) is 4.42 Å². The average Bonchev–Trinajstić information content (AvgIpc) is 2.94. The van der Waals surface area contributed by atoms with Crippen LogP contribution in [0.4, 0.5) is 5.69 Å². The summed E-state index contributed by atoms with van der Waals surface area (Å²) in [5.41, 5.74) is 2.06. The first-order valence-electron chi connectivity index (χ1n) is 6.91. The van der Waals surface area contributed by atoms with Gasteiger partial charge in [0, 0.05) is 21.7 Å². The average molecular weight is 295 g/mol. The Hall–Kier alpha value is -2.13. The van der Waals surface area contributed by atoms with Gasteiger partial charge in [0.2, 0.25) is 0 Å². The van der Waals surface area contributed by atoms with E-state index in [1.54, 1.807) is 11.8 Å². The van der Waals surface area contributed by atoms with Gasteiger partial charge in [-0.3, -0.25) is 0 Å². The lowest BCUT2D eigenvalue weighted by Gasteiger charge is -2.09. The van der Waals surface area contributed by atoms with Gasteiger partial charge in [0.15, 0.2) is 0 Å². The Balaban J connectivity index is 1.73. The van der Waals surface area contributed by atoms with E-state index < -0.39 is 0 Å². The number of para-hydroxylation sites is 2. The zero-order valence-corrected chi connectivity index (χ0v) is 12.5. The molecule has 0 saturated heterocycles. The Morgan fingerprint density at radius 3 is 2.76 bits per heavy atom. The number of rotatable bonds is 6. The van der Waals surface area contributed by atoms with Crippen LogP contribution in [0.15, 0.2) is 76.6 Å². The van der Waals surface area contributed by atoms with Gasteiger partial charge in [0.1, 0.15) is 11.3 Å². The van der Waals surface area contributed by atoms with Crippen molar-refractivity contribution in [2.24, 2.45) is 0 Å². The van der Waals surface area contributed by atoms with E-state index in [2.05, 4.69) is 42.2 Å². The van der Waals surface area contributed by atoms with Crippen molar-refractivity contribution in [2.45, 2.75) is 11.4 Å². The molecule has 106 valence electrons. The van der Waals surface area contributed by atoms with Gasteiger partial charge < -0.3 is 9.73 Å². The first kappa shape index (κ1) is 13.8. The molecule has 0 fully saturated rings. The number of thioether (sulfide) groups is 1. The third kappa shape index (κ3) is 3.31. The highest BCUT2D eigenvalue weighted by atomic mass is 32.2. The number of hydrogen-bond acceptors (Lipinski definition) is 3. The summed E-state index contributed by atoms with van der Waals surface area (Å²) in [5.74, 6) is 1.85. The maximum atomic E-state index is 5.83. The van der Waals surface area contributed by atoms with Crippen molar-refractivity contribution in [3.8, 4) is 0 Å². The zero-order valence-electron chi connectivity index (χ0n) is 11.7. The molecular weight excluding hydrogens is 278 g/mol. The molecule has 0 unspecified atom stereocenters. The number of furan rings is 1. The summed E-state index contributed by atoms with van der Waals surface area (Å²) in [6.45, 7) is 4.45. The molecule has 0 aliphatic carbocycles. The Kier molecular flexibility index (Phi) is 4.31. The van der Waals surface area contributed by atoms with Crippen molar-refractivity contribution in [3.63, 3.8) is 0 Å². The highest BCUT2D eigenvalue weighted by Gasteiger charge is 2.05. The van der Waals surface area contributed by atoms with Crippen LogP contribution >= 0.6 is 11.8 Å². The van der Waals surface area contributed by atoms with Crippen LogP contribution in [-0.2, 0) is 6.54 Å². The SMILES string of the molecule is C=CCSc1ccccc1NCc1cc2ccccc2o1. The molecule has 0 amide bonds. The molecular formula is C18H17NOS. The highest BCUT2D eigenvalue weighted by molar-refractivity contribution is 7.99. The standard InChI is InChI=1S/C18H17NOS/c1-2-11-21-18-10-6-4-8-16(18)19-13-15-12-14-7-3-5-9-17(14)20-15/h2-10,12,19H,1,11,13H2. The van der Waals surface area contributed by atoms with Crippen LogP contribution in [0.5, 0.6) is 0 Å². The lowest BCUT2D eigenvalue weighted by Crippen LogP contribution is -1.99. The first-order chi connectivity index (χ1) is 10.4. The maximum absolute atomic E-state index is 5.83. The van der Waals surface area contributed by atoms with E-state index in [9.17, 15) is 0 Å². The van der Waals surface area contributed by atoms with Gasteiger partial charge >= 0.3 is 0 Å². The lowest BCUT2D eigenvalue weighted by atomic mass is 10.2. The molecule has 1 heterocycles. The normalized spacial score (nSPS) is 10.7. The number of benzene rings is 2. The van der Waals surface area contributed by atoms with Crippen LogP contribution in [0, 0.1) is 0 Å². The summed E-state index contributed by atoms with van der Waals surface area (Å²) in [6.07, 6.45) is 1.92. The first-order valence-corrected chi connectivity index (χ1v) is 7.89. The van der Waals surface area contributed by atoms with Crippen LogP contribution < -0.4 is 5.32 Å². The molecule has 3 heteroatoms. The van der Waals surface area contributed by atoms with E-state index in [1.807, 2.05) is 30.3 Å². The molecule has 0 atom stereocenters. The van der Waals surface area contributed by atoms with Crippen LogP contribution in [0.2, 0.25) is 0 Å². The Morgan fingerprint density at radius 2 is 1.90 bits per heavy atom. The molecule has 0 spiro atoms. The van der Waals surface area contributed by atoms with E-state index in [1.165, 1.54) is 4.90 Å². The van der Waals surface area contributed by atoms with E-state index in [-0.39, 0.29) is 0 Å². The van der Waals surface area contributed by atoms with Crippen molar-refractivity contribution >= 4 is 28.4 Å². The minimum Gasteiger partial charge on any atom is -0.459 e. The number of hydrogen-bond donors (Lipinski definition) is 1. The molecule has 0 saturated carbocycles. The summed E-state index contributed by atoms with van der Waals surface area (Å²) in [6, 6.07) is 18.5. The maximum Gasteiger partial charge on any atom is 0.134 e. The summed E-state index contributed by atoms with van der Waals surface area (Å²) in [4.78, 5) is 1.23. The molecule has 0 radical (unpaired) electrons. The predicted octanol–water partition coefficient (Wildman–Crippen LogP) is 5.32. The van der Waals surface area contributed by atoms with Crippen LogP contribution in [0.3, 0.4) is 0 Å². The summed E-state index contributed by atoms with van der Waals surface area (Å²) < 4.78 is 5.83. The molecule has 3 aromatic rings. The van der Waals surface area contributed by atoms with Gasteiger partial charge in [0.05, 0.1) is 6.54 Å². The second-order valence-corrected chi connectivity index (χ2v) is 5.76. The van der Waals surface area contributed by atoms with Gasteiger partial charge in [-0.1, -0.05) is 36.4 Å². The third-order valence-corrected chi connectivity index (χ3v) is 4.24. The highest BCUT2D eigenvalue weighted by Crippen LogP contribution is 2.28. The van der Waals surface area contributed by atoms with Gasteiger partial charge in [-0.2, -0.15) is 0 Å². The van der Waals surface area contributed by atoms with Crippen LogP contribution in [0.1, 0.15) is 5.76 Å². The Labute approximate surface area is 128 Å². The minimum absolute atomic E-state index is 0.681. The van der Waals surface area contributed by atoms with Crippen LogP contribution in [0.25, 0.3) is 11.0 Å². The van der Waals surface area contributed by atoms with Crippen molar-refractivity contribution in [1.29, 1.82) is 0 Å². The van der Waals surface area contributed by atoms with Crippen molar-refractivity contribution in [1.82, 2.24) is 0 Å². The predicted molar refractivity (Wildman–Crippen MR) is 90.9 cm³/mol. The molecule has 0 aliphatic heterocycles. The number of anilines is 1. The molecule has 2 nitrogen and oxygen atoms in total. The monoisotopic (exact) mass is 295 g/mol. The number of fused-ring (bicyclic) bond motifs is 1.